The molecule has 0 aliphatic heterocycles. The summed E-state index contributed by atoms with van der Waals surface area (Å²) in [4.78, 5) is 12.2. The highest BCUT2D eigenvalue weighted by Gasteiger charge is 2.13. The van der Waals surface area contributed by atoms with Gasteiger partial charge < -0.3 is 5.11 Å². The molecule has 2 aromatic carbocycles. The quantitative estimate of drug-likeness (QED) is 0.532. The zero-order valence-corrected chi connectivity index (χ0v) is 14.2. The second kappa shape index (κ2) is 6.93. The number of aromatic nitrogens is 4. The van der Waals surface area contributed by atoms with Crippen LogP contribution in [0.5, 0.6) is 5.75 Å². The summed E-state index contributed by atoms with van der Waals surface area (Å²) in [6, 6.07) is 13.8. The number of nitrogens with zero attached hydrogens (tertiary/aromatic N) is 4. The fraction of sp³-hybridized carbons (Fsp3) is 0.0667. The Morgan fingerprint density at radius 2 is 2.00 bits per heavy atom. The van der Waals surface area contributed by atoms with E-state index in [9.17, 15) is 9.90 Å². The Balaban J connectivity index is 1.73. The molecular formula is C15H11BrN4O2S. The summed E-state index contributed by atoms with van der Waals surface area (Å²) < 4.78 is 2.39. The first-order valence-corrected chi connectivity index (χ1v) is 8.41. The molecule has 0 aliphatic rings. The Hall–Kier alpha value is -2.19. The van der Waals surface area contributed by atoms with Crippen molar-refractivity contribution in [2.45, 2.75) is 5.16 Å². The van der Waals surface area contributed by atoms with Crippen LogP contribution in [0.2, 0.25) is 0 Å². The largest absolute Gasteiger partial charge is 0.508 e. The highest BCUT2D eigenvalue weighted by molar-refractivity contribution is 9.10. The normalized spacial score (nSPS) is 10.7. The van der Waals surface area contributed by atoms with E-state index in [0.717, 1.165) is 4.47 Å². The van der Waals surface area contributed by atoms with Gasteiger partial charge in [0.25, 0.3) is 0 Å². The number of aromatic hydroxyl groups is 1. The van der Waals surface area contributed by atoms with Gasteiger partial charge in [-0.25, -0.2) is 0 Å². The van der Waals surface area contributed by atoms with Crippen molar-refractivity contribution in [2.75, 3.05) is 5.75 Å². The van der Waals surface area contributed by atoms with Crippen molar-refractivity contribution in [1.82, 2.24) is 20.2 Å². The standard InChI is InChI=1S/C15H11BrN4O2S/c16-11-3-1-2-10(8-11)14(22)9-23-15-17-18-19-20(15)12-4-6-13(21)7-5-12/h1-8,21H,9H2. The Kier molecular flexibility index (Phi) is 4.73. The average Bonchev–Trinajstić information content (AvgIpc) is 3.02. The Labute approximate surface area is 144 Å². The molecule has 116 valence electrons. The van der Waals surface area contributed by atoms with Crippen LogP contribution in [0.15, 0.2) is 58.2 Å². The van der Waals surface area contributed by atoms with Gasteiger partial charge in [-0.3, -0.25) is 4.79 Å². The minimum Gasteiger partial charge on any atom is -0.508 e. The van der Waals surface area contributed by atoms with Gasteiger partial charge in [0.15, 0.2) is 5.78 Å². The first kappa shape index (κ1) is 15.7. The van der Waals surface area contributed by atoms with E-state index in [1.54, 1.807) is 36.4 Å². The summed E-state index contributed by atoms with van der Waals surface area (Å²) >= 11 is 4.61. The average molecular weight is 391 g/mol. The molecule has 1 heterocycles. The molecule has 0 bridgehead atoms. The van der Waals surface area contributed by atoms with Crippen molar-refractivity contribution >= 4 is 33.5 Å². The summed E-state index contributed by atoms with van der Waals surface area (Å²) in [5.74, 6) is 0.395. The molecule has 3 aromatic rings. The number of hydrogen-bond donors (Lipinski definition) is 1. The number of thioether (sulfide) groups is 1. The van der Waals surface area contributed by atoms with Crippen LogP contribution in [0.1, 0.15) is 10.4 Å². The van der Waals surface area contributed by atoms with Crippen LogP contribution >= 0.6 is 27.7 Å². The number of hydrogen-bond acceptors (Lipinski definition) is 6. The molecule has 0 unspecified atom stereocenters. The summed E-state index contributed by atoms with van der Waals surface area (Å²) in [5.41, 5.74) is 1.35. The van der Waals surface area contributed by atoms with Crippen LogP contribution < -0.4 is 0 Å². The monoisotopic (exact) mass is 390 g/mol. The lowest BCUT2D eigenvalue weighted by Gasteiger charge is -2.04. The molecule has 8 heteroatoms. The summed E-state index contributed by atoms with van der Waals surface area (Å²) in [7, 11) is 0. The number of ketones is 1. The van der Waals surface area contributed by atoms with E-state index < -0.39 is 0 Å². The molecule has 0 spiro atoms. The van der Waals surface area contributed by atoms with E-state index in [-0.39, 0.29) is 17.3 Å². The Bertz CT molecular complexity index is 836. The van der Waals surface area contributed by atoms with Gasteiger partial charge in [-0.05, 0) is 46.8 Å². The van der Waals surface area contributed by atoms with Gasteiger partial charge in [0.05, 0.1) is 11.4 Å². The highest BCUT2D eigenvalue weighted by atomic mass is 79.9. The van der Waals surface area contributed by atoms with Gasteiger partial charge >= 0.3 is 0 Å². The maximum absolute atomic E-state index is 12.2. The number of phenolic OH excluding ortho intramolecular Hbond substituents is 1. The molecule has 6 nitrogen and oxygen atoms in total. The van der Waals surface area contributed by atoms with Crippen molar-refractivity contribution in [1.29, 1.82) is 0 Å². The molecule has 23 heavy (non-hydrogen) atoms. The van der Waals surface area contributed by atoms with Gasteiger partial charge in [0.2, 0.25) is 5.16 Å². The van der Waals surface area contributed by atoms with Crippen LogP contribution in [0.4, 0.5) is 0 Å². The number of rotatable bonds is 5. The fourth-order valence-electron chi connectivity index (χ4n) is 1.90. The van der Waals surface area contributed by atoms with E-state index in [4.69, 9.17) is 0 Å². The maximum atomic E-state index is 12.2. The zero-order valence-electron chi connectivity index (χ0n) is 11.8. The third-order valence-corrected chi connectivity index (χ3v) is 4.43. The topological polar surface area (TPSA) is 80.9 Å². The van der Waals surface area contributed by atoms with Crippen LogP contribution in [-0.4, -0.2) is 36.8 Å². The van der Waals surface area contributed by atoms with E-state index >= 15 is 0 Å². The van der Waals surface area contributed by atoms with E-state index in [0.29, 0.717) is 16.4 Å². The minimum absolute atomic E-state index is 0.00319. The van der Waals surface area contributed by atoms with Crippen molar-refractivity contribution in [3.05, 3.63) is 58.6 Å². The Morgan fingerprint density at radius 1 is 1.22 bits per heavy atom. The number of carbonyl (C=O) groups is 1. The van der Waals surface area contributed by atoms with Crippen molar-refractivity contribution in [3.63, 3.8) is 0 Å². The van der Waals surface area contributed by atoms with Gasteiger partial charge in [-0.2, -0.15) is 4.68 Å². The second-order valence-electron chi connectivity index (χ2n) is 4.61. The number of tetrazole rings is 1. The van der Waals surface area contributed by atoms with Gasteiger partial charge in [0.1, 0.15) is 5.75 Å². The predicted molar refractivity (Wildman–Crippen MR) is 90.0 cm³/mol. The van der Waals surface area contributed by atoms with Crippen LogP contribution in [0, 0.1) is 0 Å². The first-order valence-electron chi connectivity index (χ1n) is 6.63. The maximum Gasteiger partial charge on any atom is 0.214 e. The lowest BCUT2D eigenvalue weighted by Crippen LogP contribution is -2.05. The van der Waals surface area contributed by atoms with E-state index in [1.807, 2.05) is 12.1 Å². The van der Waals surface area contributed by atoms with Crippen LogP contribution in [0.25, 0.3) is 5.69 Å². The molecule has 0 saturated heterocycles. The lowest BCUT2D eigenvalue weighted by molar-refractivity contribution is 0.102. The van der Waals surface area contributed by atoms with Crippen molar-refractivity contribution < 1.29 is 9.90 Å². The molecule has 0 aliphatic carbocycles. The summed E-state index contributed by atoms with van der Waals surface area (Å²) in [5, 5.41) is 21.3. The first-order chi connectivity index (χ1) is 11.1. The summed E-state index contributed by atoms with van der Waals surface area (Å²) in [6.45, 7) is 0. The van der Waals surface area contributed by atoms with E-state index in [1.165, 1.54) is 16.4 Å². The van der Waals surface area contributed by atoms with Crippen molar-refractivity contribution in [3.8, 4) is 11.4 Å². The molecule has 0 fully saturated rings. The zero-order chi connectivity index (χ0) is 16.2. The molecule has 1 aromatic heterocycles. The highest BCUT2D eigenvalue weighted by Crippen LogP contribution is 2.21. The molecular weight excluding hydrogens is 380 g/mol. The van der Waals surface area contributed by atoms with E-state index in [2.05, 4.69) is 31.5 Å². The number of Topliss-reactive ketones (excluding diaryl/α,β-unsaturated/α-hetero) is 1. The molecule has 0 amide bonds. The molecule has 3 rings (SSSR count). The molecule has 0 atom stereocenters. The third kappa shape index (κ3) is 3.77. The van der Waals surface area contributed by atoms with Gasteiger partial charge in [0, 0.05) is 10.0 Å². The fourth-order valence-corrected chi connectivity index (χ4v) is 3.08. The molecule has 1 N–H and O–H groups in total. The SMILES string of the molecule is O=C(CSc1nnnn1-c1ccc(O)cc1)c1cccc(Br)c1. The Morgan fingerprint density at radius 3 is 2.74 bits per heavy atom. The lowest BCUT2D eigenvalue weighted by atomic mass is 10.2. The third-order valence-electron chi connectivity index (χ3n) is 3.01. The van der Waals surface area contributed by atoms with Gasteiger partial charge in [-0.1, -0.05) is 39.8 Å². The van der Waals surface area contributed by atoms with Crippen LogP contribution in [-0.2, 0) is 0 Å². The number of carbonyl (C=O) groups excluding carboxylic acids is 1. The smallest absolute Gasteiger partial charge is 0.214 e. The number of halogens is 1. The van der Waals surface area contributed by atoms with Crippen LogP contribution in [0.3, 0.4) is 0 Å². The number of benzene rings is 2. The predicted octanol–water partition coefficient (Wildman–Crippen LogP) is 3.11. The number of phenols is 1. The summed E-state index contributed by atoms with van der Waals surface area (Å²) in [6.07, 6.45) is 0. The second-order valence-corrected chi connectivity index (χ2v) is 6.47. The van der Waals surface area contributed by atoms with Gasteiger partial charge in [-0.15, -0.1) is 5.10 Å². The molecule has 0 saturated carbocycles. The molecule has 0 radical (unpaired) electrons. The van der Waals surface area contributed by atoms with Crippen molar-refractivity contribution in [2.24, 2.45) is 0 Å². The minimum atomic E-state index is -0.00319.